The Hall–Kier alpha value is -3.15. The quantitative estimate of drug-likeness (QED) is 0.569. The third-order valence-electron chi connectivity index (χ3n) is 4.84. The van der Waals surface area contributed by atoms with Gasteiger partial charge in [0.1, 0.15) is 11.5 Å². The molecule has 0 saturated heterocycles. The first kappa shape index (κ1) is 20.6. The number of anilines is 1. The highest BCUT2D eigenvalue weighted by molar-refractivity contribution is 5.70. The summed E-state index contributed by atoms with van der Waals surface area (Å²) in [4.78, 5) is 6.85. The normalized spacial score (nSPS) is 10.8. The number of aryl methyl sites for hydroxylation is 1. The van der Waals surface area contributed by atoms with Crippen molar-refractivity contribution in [2.75, 3.05) is 33.2 Å². The van der Waals surface area contributed by atoms with Crippen LogP contribution in [0, 0.1) is 0 Å². The van der Waals surface area contributed by atoms with Gasteiger partial charge in [0.05, 0.1) is 14.2 Å². The maximum absolute atomic E-state index is 10.2. The number of aromatic nitrogens is 1. The Labute approximate surface area is 171 Å². The minimum absolute atomic E-state index is 0.0454. The molecule has 1 N–H and O–H groups in total. The van der Waals surface area contributed by atoms with Crippen LogP contribution in [0.2, 0.25) is 0 Å². The number of benzene rings is 2. The van der Waals surface area contributed by atoms with Crippen molar-refractivity contribution in [3.8, 4) is 40.0 Å². The zero-order valence-electron chi connectivity index (χ0n) is 17.7. The molecule has 0 fully saturated rings. The molecule has 0 aliphatic heterocycles. The standard InChI is InChI=1S/C23H28N2O4/c1-6-7-8-18-21(15-9-11-17(12-10-15)25(2)3)24-23(29-18)16-13-19(27-4)22(26)20(14-16)28-5/h9-14,26H,6-8H2,1-5H3. The number of hydrogen-bond donors (Lipinski definition) is 1. The summed E-state index contributed by atoms with van der Waals surface area (Å²) >= 11 is 0. The molecule has 6 heteroatoms. The van der Waals surface area contributed by atoms with Crippen molar-refractivity contribution in [1.29, 1.82) is 0 Å². The molecule has 0 spiro atoms. The minimum Gasteiger partial charge on any atom is -0.502 e. The van der Waals surface area contributed by atoms with E-state index < -0.39 is 0 Å². The van der Waals surface area contributed by atoms with E-state index in [1.165, 1.54) is 14.2 Å². The minimum atomic E-state index is -0.0454. The van der Waals surface area contributed by atoms with Gasteiger partial charge in [-0.15, -0.1) is 0 Å². The predicted octanol–water partition coefficient (Wildman–Crippen LogP) is 5.14. The van der Waals surface area contributed by atoms with Crippen molar-refractivity contribution >= 4 is 5.69 Å². The predicted molar refractivity (Wildman–Crippen MR) is 115 cm³/mol. The van der Waals surface area contributed by atoms with Crippen LogP contribution in [0.15, 0.2) is 40.8 Å². The molecule has 0 radical (unpaired) electrons. The van der Waals surface area contributed by atoms with E-state index in [4.69, 9.17) is 18.9 Å². The van der Waals surface area contributed by atoms with E-state index in [2.05, 4.69) is 36.1 Å². The van der Waals surface area contributed by atoms with E-state index in [1.807, 2.05) is 14.1 Å². The molecule has 29 heavy (non-hydrogen) atoms. The van der Waals surface area contributed by atoms with Crippen LogP contribution in [0.3, 0.4) is 0 Å². The number of aromatic hydroxyl groups is 1. The van der Waals surface area contributed by atoms with Crippen LogP contribution in [0.1, 0.15) is 25.5 Å². The Kier molecular flexibility index (Phi) is 6.32. The summed E-state index contributed by atoms with van der Waals surface area (Å²) in [5, 5.41) is 10.2. The average Bonchev–Trinajstić information content (AvgIpc) is 3.16. The smallest absolute Gasteiger partial charge is 0.227 e. The molecule has 0 aliphatic rings. The van der Waals surface area contributed by atoms with Crippen LogP contribution < -0.4 is 14.4 Å². The van der Waals surface area contributed by atoms with Crippen LogP contribution in [-0.4, -0.2) is 38.4 Å². The summed E-state index contributed by atoms with van der Waals surface area (Å²) in [6, 6.07) is 11.7. The van der Waals surface area contributed by atoms with E-state index in [9.17, 15) is 5.11 Å². The lowest BCUT2D eigenvalue weighted by atomic mass is 10.1. The van der Waals surface area contributed by atoms with Gasteiger partial charge in [-0.3, -0.25) is 0 Å². The van der Waals surface area contributed by atoms with Crippen molar-refractivity contribution in [2.24, 2.45) is 0 Å². The summed E-state index contributed by atoms with van der Waals surface area (Å²) < 4.78 is 16.7. The fraction of sp³-hybridized carbons (Fsp3) is 0.348. The molecule has 1 aromatic heterocycles. The molecule has 0 saturated carbocycles. The summed E-state index contributed by atoms with van der Waals surface area (Å²) in [5.41, 5.74) is 3.66. The summed E-state index contributed by atoms with van der Waals surface area (Å²) in [5.74, 6) is 1.90. The first-order valence-corrected chi connectivity index (χ1v) is 9.71. The van der Waals surface area contributed by atoms with Gasteiger partial charge in [-0.1, -0.05) is 25.5 Å². The topological polar surface area (TPSA) is 68.0 Å². The van der Waals surface area contributed by atoms with Gasteiger partial charge in [-0.25, -0.2) is 4.98 Å². The van der Waals surface area contributed by atoms with Gasteiger partial charge in [-0.05, 0) is 30.7 Å². The molecule has 1 heterocycles. The van der Waals surface area contributed by atoms with E-state index in [0.717, 1.165) is 42.0 Å². The largest absolute Gasteiger partial charge is 0.502 e. The fourth-order valence-corrected chi connectivity index (χ4v) is 3.14. The Bertz CT molecular complexity index is 937. The third kappa shape index (κ3) is 4.31. The number of nitrogens with zero attached hydrogens (tertiary/aromatic N) is 2. The first-order valence-electron chi connectivity index (χ1n) is 9.71. The Morgan fingerprint density at radius 2 is 1.62 bits per heavy atom. The molecule has 0 aliphatic carbocycles. The number of unbranched alkanes of at least 4 members (excludes halogenated alkanes) is 1. The van der Waals surface area contributed by atoms with E-state index >= 15 is 0 Å². The van der Waals surface area contributed by atoms with Crippen molar-refractivity contribution in [3.05, 3.63) is 42.2 Å². The van der Waals surface area contributed by atoms with Gasteiger partial charge in [0.15, 0.2) is 11.5 Å². The maximum atomic E-state index is 10.2. The molecule has 6 nitrogen and oxygen atoms in total. The summed E-state index contributed by atoms with van der Waals surface area (Å²) in [6.45, 7) is 2.15. The van der Waals surface area contributed by atoms with Crippen LogP contribution in [0.5, 0.6) is 17.2 Å². The van der Waals surface area contributed by atoms with Gasteiger partial charge in [0.25, 0.3) is 0 Å². The van der Waals surface area contributed by atoms with Gasteiger partial charge in [-0.2, -0.15) is 0 Å². The maximum Gasteiger partial charge on any atom is 0.227 e. The molecule has 3 aromatic rings. The summed E-state index contributed by atoms with van der Waals surface area (Å²) in [7, 11) is 7.03. The van der Waals surface area contributed by atoms with E-state index in [1.54, 1.807) is 12.1 Å². The van der Waals surface area contributed by atoms with Crippen LogP contribution in [0.25, 0.3) is 22.7 Å². The Morgan fingerprint density at radius 1 is 1.00 bits per heavy atom. The highest BCUT2D eigenvalue weighted by atomic mass is 16.5. The highest BCUT2D eigenvalue weighted by Gasteiger charge is 2.19. The number of methoxy groups -OCH3 is 2. The van der Waals surface area contributed by atoms with E-state index in [-0.39, 0.29) is 5.75 Å². The van der Waals surface area contributed by atoms with Gasteiger partial charge >= 0.3 is 0 Å². The molecule has 3 rings (SSSR count). The van der Waals surface area contributed by atoms with Gasteiger partial charge < -0.3 is 23.9 Å². The number of hydrogen-bond acceptors (Lipinski definition) is 6. The van der Waals surface area contributed by atoms with Crippen molar-refractivity contribution in [1.82, 2.24) is 4.98 Å². The second kappa shape index (κ2) is 8.90. The molecule has 0 atom stereocenters. The van der Waals surface area contributed by atoms with Gasteiger partial charge in [0, 0.05) is 37.3 Å². The molecule has 154 valence electrons. The number of rotatable bonds is 8. The molecular formula is C23H28N2O4. The van der Waals surface area contributed by atoms with Crippen LogP contribution in [0.4, 0.5) is 5.69 Å². The zero-order chi connectivity index (χ0) is 21.0. The molecule has 0 unspecified atom stereocenters. The lowest BCUT2D eigenvalue weighted by Crippen LogP contribution is -2.07. The van der Waals surface area contributed by atoms with Crippen LogP contribution >= 0.6 is 0 Å². The monoisotopic (exact) mass is 396 g/mol. The number of phenols is 1. The number of ether oxygens (including phenoxy) is 2. The lowest BCUT2D eigenvalue weighted by molar-refractivity contribution is 0.340. The van der Waals surface area contributed by atoms with Gasteiger partial charge in [0.2, 0.25) is 11.6 Å². The Morgan fingerprint density at radius 3 is 2.14 bits per heavy atom. The second-order valence-corrected chi connectivity index (χ2v) is 7.07. The second-order valence-electron chi connectivity index (χ2n) is 7.07. The zero-order valence-corrected chi connectivity index (χ0v) is 17.7. The van der Waals surface area contributed by atoms with Crippen molar-refractivity contribution in [2.45, 2.75) is 26.2 Å². The highest BCUT2D eigenvalue weighted by Crippen LogP contribution is 2.41. The molecule has 0 bridgehead atoms. The fourth-order valence-electron chi connectivity index (χ4n) is 3.14. The van der Waals surface area contributed by atoms with Crippen molar-refractivity contribution in [3.63, 3.8) is 0 Å². The first-order chi connectivity index (χ1) is 14.0. The lowest BCUT2D eigenvalue weighted by Gasteiger charge is -2.12. The SMILES string of the molecule is CCCCc1oc(-c2cc(OC)c(O)c(OC)c2)nc1-c1ccc(N(C)C)cc1. The third-order valence-corrected chi connectivity index (χ3v) is 4.84. The van der Waals surface area contributed by atoms with Crippen LogP contribution in [-0.2, 0) is 6.42 Å². The number of oxazole rings is 1. The van der Waals surface area contributed by atoms with Crippen molar-refractivity contribution < 1.29 is 19.0 Å². The molecule has 0 amide bonds. The Balaban J connectivity index is 2.07. The molecular weight excluding hydrogens is 368 g/mol. The summed E-state index contributed by atoms with van der Waals surface area (Å²) in [6.07, 6.45) is 2.89. The van der Waals surface area contributed by atoms with E-state index in [0.29, 0.717) is 23.0 Å². The number of phenolic OH excluding ortho intramolecular Hbond substituents is 1. The average molecular weight is 396 g/mol. The molecule has 2 aromatic carbocycles.